The van der Waals surface area contributed by atoms with Gasteiger partial charge in [-0.2, -0.15) is 5.10 Å². The van der Waals surface area contributed by atoms with Crippen LogP contribution in [-0.4, -0.2) is 21.3 Å². The Bertz CT molecular complexity index is 664. The lowest BCUT2D eigenvalue weighted by Crippen LogP contribution is -2.11. The number of hydrazone groups is 1. The van der Waals surface area contributed by atoms with Crippen molar-refractivity contribution in [3.05, 3.63) is 51.9 Å². The fraction of sp³-hybridized carbons (Fsp3) is 0.214. The van der Waals surface area contributed by atoms with E-state index in [-0.39, 0.29) is 11.3 Å². The van der Waals surface area contributed by atoms with Gasteiger partial charge < -0.3 is 5.11 Å². The van der Waals surface area contributed by atoms with Crippen LogP contribution in [0, 0.1) is 0 Å². The molecule has 2 aromatic rings. The molecule has 0 saturated heterocycles. The highest BCUT2D eigenvalue weighted by atomic mass is 16.3. The molecule has 6 nitrogen and oxygen atoms in total. The minimum atomic E-state index is -0.210. The lowest BCUT2D eigenvalue weighted by atomic mass is 10.2. The molecule has 2 rings (SSSR count). The fourth-order valence-corrected chi connectivity index (χ4v) is 1.72. The van der Waals surface area contributed by atoms with Gasteiger partial charge in [-0.25, -0.2) is 10.4 Å². The van der Waals surface area contributed by atoms with Gasteiger partial charge in [-0.15, -0.1) is 0 Å². The molecule has 0 spiro atoms. The molecular formula is C14H16N4O2. The molecule has 104 valence electrons. The summed E-state index contributed by atoms with van der Waals surface area (Å²) >= 11 is 0. The Morgan fingerprint density at radius 3 is 3.05 bits per heavy atom. The van der Waals surface area contributed by atoms with Crippen molar-refractivity contribution >= 4 is 12.2 Å². The Hall–Kier alpha value is -2.63. The SMILES string of the molecule is CCCc1cc(=O)[nH]c(N/N=C/c2cccc(O)c2)n1. The molecule has 6 heteroatoms. The third kappa shape index (κ3) is 3.94. The van der Waals surface area contributed by atoms with Crippen LogP contribution in [0.2, 0.25) is 0 Å². The molecule has 3 N–H and O–H groups in total. The summed E-state index contributed by atoms with van der Waals surface area (Å²) in [5.74, 6) is 0.475. The van der Waals surface area contributed by atoms with Gasteiger partial charge in [0.2, 0.25) is 5.95 Å². The van der Waals surface area contributed by atoms with Crippen molar-refractivity contribution in [1.82, 2.24) is 9.97 Å². The number of hydrogen-bond acceptors (Lipinski definition) is 5. The standard InChI is InChI=1S/C14H16N4O2/c1-2-4-11-8-13(20)17-14(16-11)18-15-9-10-5-3-6-12(19)7-10/h3,5-9,19H,2,4H2,1H3,(H2,16,17,18,20)/b15-9+. The van der Waals surface area contributed by atoms with Gasteiger partial charge in [0.15, 0.2) is 0 Å². The quantitative estimate of drug-likeness (QED) is 0.572. The second-order valence-corrected chi connectivity index (χ2v) is 4.30. The number of aromatic amines is 1. The first-order valence-corrected chi connectivity index (χ1v) is 6.35. The molecule has 1 aromatic heterocycles. The number of phenols is 1. The summed E-state index contributed by atoms with van der Waals surface area (Å²) in [7, 11) is 0. The molecule has 20 heavy (non-hydrogen) atoms. The molecule has 0 radical (unpaired) electrons. The number of anilines is 1. The average molecular weight is 272 g/mol. The third-order valence-electron chi connectivity index (χ3n) is 2.56. The van der Waals surface area contributed by atoms with Crippen molar-refractivity contribution in [3.8, 4) is 5.75 Å². The zero-order chi connectivity index (χ0) is 14.4. The van der Waals surface area contributed by atoms with Crippen LogP contribution in [0.25, 0.3) is 0 Å². The number of rotatable bonds is 5. The second-order valence-electron chi connectivity index (χ2n) is 4.30. The molecule has 1 aromatic carbocycles. The minimum Gasteiger partial charge on any atom is -0.508 e. The molecule has 0 amide bonds. The van der Waals surface area contributed by atoms with Crippen LogP contribution in [0.5, 0.6) is 5.75 Å². The zero-order valence-electron chi connectivity index (χ0n) is 11.1. The lowest BCUT2D eigenvalue weighted by Gasteiger charge is -2.02. The maximum atomic E-state index is 11.4. The third-order valence-corrected chi connectivity index (χ3v) is 2.56. The zero-order valence-corrected chi connectivity index (χ0v) is 11.1. The molecule has 1 heterocycles. The number of H-pyrrole nitrogens is 1. The van der Waals surface area contributed by atoms with E-state index in [9.17, 15) is 9.90 Å². The Kier molecular flexibility index (Phi) is 4.49. The topological polar surface area (TPSA) is 90.4 Å². The summed E-state index contributed by atoms with van der Waals surface area (Å²) in [6.07, 6.45) is 3.20. The Morgan fingerprint density at radius 1 is 1.45 bits per heavy atom. The van der Waals surface area contributed by atoms with Crippen molar-refractivity contribution in [2.45, 2.75) is 19.8 Å². The molecular weight excluding hydrogens is 256 g/mol. The number of aromatic hydroxyl groups is 1. The maximum absolute atomic E-state index is 11.4. The summed E-state index contributed by atoms with van der Waals surface area (Å²) < 4.78 is 0. The van der Waals surface area contributed by atoms with E-state index in [0.29, 0.717) is 5.95 Å². The van der Waals surface area contributed by atoms with Crippen molar-refractivity contribution in [1.29, 1.82) is 0 Å². The molecule has 0 aliphatic rings. The van der Waals surface area contributed by atoms with Crippen LogP contribution in [0.1, 0.15) is 24.6 Å². The first-order chi connectivity index (χ1) is 9.67. The van der Waals surface area contributed by atoms with E-state index in [2.05, 4.69) is 20.5 Å². The van der Waals surface area contributed by atoms with Gasteiger partial charge in [0.25, 0.3) is 5.56 Å². The number of nitrogens with zero attached hydrogens (tertiary/aromatic N) is 2. The van der Waals surface area contributed by atoms with E-state index in [0.717, 1.165) is 24.1 Å². The molecule has 0 aliphatic heterocycles. The lowest BCUT2D eigenvalue weighted by molar-refractivity contribution is 0.475. The van der Waals surface area contributed by atoms with Crippen LogP contribution in [0.3, 0.4) is 0 Å². The van der Waals surface area contributed by atoms with Crippen LogP contribution in [0.4, 0.5) is 5.95 Å². The molecule has 0 bridgehead atoms. The largest absolute Gasteiger partial charge is 0.508 e. The average Bonchev–Trinajstić information content (AvgIpc) is 2.38. The van der Waals surface area contributed by atoms with Gasteiger partial charge in [0.1, 0.15) is 5.75 Å². The Morgan fingerprint density at radius 2 is 2.30 bits per heavy atom. The Labute approximate surface area is 116 Å². The number of aromatic nitrogens is 2. The number of aryl methyl sites for hydroxylation is 1. The van der Waals surface area contributed by atoms with Crippen molar-refractivity contribution in [3.63, 3.8) is 0 Å². The van der Waals surface area contributed by atoms with Crippen LogP contribution in [-0.2, 0) is 6.42 Å². The summed E-state index contributed by atoms with van der Waals surface area (Å²) in [5.41, 5.74) is 3.93. The van der Waals surface area contributed by atoms with E-state index < -0.39 is 0 Å². The first kappa shape index (κ1) is 13.8. The van der Waals surface area contributed by atoms with E-state index in [1.165, 1.54) is 12.3 Å². The summed E-state index contributed by atoms with van der Waals surface area (Å²) in [5, 5.41) is 13.3. The highest BCUT2D eigenvalue weighted by Gasteiger charge is 1.99. The van der Waals surface area contributed by atoms with Gasteiger partial charge in [0, 0.05) is 11.8 Å². The fourth-order valence-electron chi connectivity index (χ4n) is 1.72. The van der Waals surface area contributed by atoms with Gasteiger partial charge in [-0.3, -0.25) is 9.78 Å². The predicted molar refractivity (Wildman–Crippen MR) is 78.2 cm³/mol. The second kappa shape index (κ2) is 6.51. The number of hydrogen-bond donors (Lipinski definition) is 3. The first-order valence-electron chi connectivity index (χ1n) is 6.35. The van der Waals surface area contributed by atoms with Gasteiger partial charge in [-0.05, 0) is 24.1 Å². The van der Waals surface area contributed by atoms with E-state index >= 15 is 0 Å². The number of phenolic OH excluding ortho intramolecular Hbond substituents is 1. The summed E-state index contributed by atoms with van der Waals surface area (Å²) in [4.78, 5) is 18.2. The highest BCUT2D eigenvalue weighted by Crippen LogP contribution is 2.08. The normalized spacial score (nSPS) is 10.8. The van der Waals surface area contributed by atoms with Gasteiger partial charge in [0.05, 0.1) is 6.21 Å². The van der Waals surface area contributed by atoms with Crippen molar-refractivity contribution in [2.24, 2.45) is 5.10 Å². The monoisotopic (exact) mass is 272 g/mol. The minimum absolute atomic E-state index is 0.172. The number of nitrogens with one attached hydrogen (secondary N) is 2. The maximum Gasteiger partial charge on any atom is 0.252 e. The predicted octanol–water partition coefficient (Wildman–Crippen LogP) is 1.87. The van der Waals surface area contributed by atoms with Crippen LogP contribution >= 0.6 is 0 Å². The van der Waals surface area contributed by atoms with Gasteiger partial charge >= 0.3 is 0 Å². The molecule has 0 atom stereocenters. The van der Waals surface area contributed by atoms with E-state index in [4.69, 9.17) is 0 Å². The van der Waals surface area contributed by atoms with Crippen LogP contribution < -0.4 is 11.0 Å². The smallest absolute Gasteiger partial charge is 0.252 e. The van der Waals surface area contributed by atoms with Crippen LogP contribution in [0.15, 0.2) is 40.2 Å². The van der Waals surface area contributed by atoms with Gasteiger partial charge in [-0.1, -0.05) is 25.5 Å². The molecule has 0 fully saturated rings. The molecule has 0 saturated carbocycles. The van der Waals surface area contributed by atoms with E-state index in [1.807, 2.05) is 6.92 Å². The molecule has 0 unspecified atom stereocenters. The van der Waals surface area contributed by atoms with E-state index in [1.54, 1.807) is 24.3 Å². The Balaban J connectivity index is 2.08. The van der Waals surface area contributed by atoms with Crippen molar-refractivity contribution < 1.29 is 5.11 Å². The number of benzene rings is 1. The summed E-state index contributed by atoms with van der Waals surface area (Å²) in [6, 6.07) is 8.16. The highest BCUT2D eigenvalue weighted by molar-refractivity contribution is 5.80. The molecule has 0 aliphatic carbocycles. The van der Waals surface area contributed by atoms with Crippen molar-refractivity contribution in [2.75, 3.05) is 5.43 Å². The summed E-state index contributed by atoms with van der Waals surface area (Å²) in [6.45, 7) is 2.02.